The molecule has 1 unspecified atom stereocenters. The number of ketones is 1. The monoisotopic (exact) mass is 412 g/mol. The summed E-state index contributed by atoms with van der Waals surface area (Å²) in [6.45, 7) is 0. The molecule has 1 aliphatic rings. The minimum atomic E-state index is -5.07. The largest absolute Gasteiger partial charge is 0.450 e. The highest BCUT2D eigenvalue weighted by atomic mass is 32.2. The lowest BCUT2D eigenvalue weighted by Gasteiger charge is -2.31. The zero-order valence-electron chi connectivity index (χ0n) is 14.2. The third-order valence-electron chi connectivity index (χ3n) is 4.36. The average molecular weight is 412 g/mol. The summed E-state index contributed by atoms with van der Waals surface area (Å²) >= 11 is 0. The third-order valence-corrected chi connectivity index (χ3v) is 5.33. The van der Waals surface area contributed by atoms with Gasteiger partial charge in [-0.15, -0.1) is 5.48 Å². The van der Waals surface area contributed by atoms with Crippen LogP contribution < -0.4 is 10.6 Å². The van der Waals surface area contributed by atoms with E-state index < -0.39 is 33.9 Å². The second kappa shape index (κ2) is 7.04. The van der Waals surface area contributed by atoms with Gasteiger partial charge in [-0.25, -0.2) is 13.6 Å². The molecule has 0 aromatic heterocycles. The number of nitrogens with one attached hydrogen (secondary N) is 1. The first-order valence-corrected chi connectivity index (χ1v) is 9.51. The highest BCUT2D eigenvalue weighted by molar-refractivity contribution is 7.89. The number of primary sulfonamides is 1. The fraction of sp³-hybridized carbons (Fsp3) is 0.167. The smallest absolute Gasteiger partial charge is 0.415 e. The number of rotatable bonds is 5. The average Bonchev–Trinajstić information content (AvgIpc) is 3.05. The van der Waals surface area contributed by atoms with Crippen LogP contribution in [0.1, 0.15) is 17.5 Å². The van der Waals surface area contributed by atoms with Crippen LogP contribution in [0.4, 0.5) is 13.2 Å². The van der Waals surface area contributed by atoms with Crippen molar-refractivity contribution in [2.45, 2.75) is 23.0 Å². The van der Waals surface area contributed by atoms with Gasteiger partial charge in [0, 0.05) is 17.6 Å². The SMILES string of the molecule is NS(=O)(=O)c1ccccc1C1=CONC1(CC(=O)C(F)(F)F)c1ccccc1. The van der Waals surface area contributed by atoms with Crippen molar-refractivity contribution in [3.63, 3.8) is 0 Å². The topological polar surface area (TPSA) is 98.5 Å². The summed E-state index contributed by atoms with van der Waals surface area (Å²) in [5.41, 5.74) is 1.08. The Balaban J connectivity index is 2.22. The van der Waals surface area contributed by atoms with Crippen LogP contribution in [-0.2, 0) is 25.2 Å². The third kappa shape index (κ3) is 3.66. The van der Waals surface area contributed by atoms with Gasteiger partial charge in [0.15, 0.2) is 0 Å². The van der Waals surface area contributed by atoms with Crippen LogP contribution in [0.25, 0.3) is 5.57 Å². The Labute approximate surface area is 158 Å². The highest BCUT2D eigenvalue weighted by Crippen LogP contribution is 2.45. The zero-order chi connectivity index (χ0) is 20.6. The van der Waals surface area contributed by atoms with Gasteiger partial charge in [0.1, 0.15) is 11.8 Å². The molecule has 0 spiro atoms. The van der Waals surface area contributed by atoms with E-state index in [2.05, 4.69) is 5.48 Å². The van der Waals surface area contributed by atoms with Crippen LogP contribution in [0, 0.1) is 0 Å². The number of benzene rings is 2. The minimum Gasteiger partial charge on any atom is -0.415 e. The number of halogens is 3. The Kier molecular flexibility index (Phi) is 5.04. The molecule has 3 N–H and O–H groups in total. The number of hydrogen-bond donors (Lipinski definition) is 2. The second-order valence-corrected chi connectivity index (χ2v) is 7.69. The Hall–Kier alpha value is -2.69. The first-order chi connectivity index (χ1) is 13.1. The van der Waals surface area contributed by atoms with Crippen LogP contribution in [0.15, 0.2) is 65.8 Å². The molecule has 0 bridgehead atoms. The molecular weight excluding hydrogens is 397 g/mol. The molecule has 0 radical (unpaired) electrons. The second-order valence-electron chi connectivity index (χ2n) is 6.16. The summed E-state index contributed by atoms with van der Waals surface area (Å²) in [5.74, 6) is -1.99. The van der Waals surface area contributed by atoms with Crippen LogP contribution in [-0.4, -0.2) is 20.4 Å². The normalized spacial score (nSPS) is 19.8. The quantitative estimate of drug-likeness (QED) is 0.787. The fourth-order valence-electron chi connectivity index (χ4n) is 3.09. The first-order valence-electron chi connectivity index (χ1n) is 7.97. The number of hydrogen-bond acceptors (Lipinski definition) is 5. The first kappa shape index (κ1) is 20.1. The number of carbonyl (C=O) groups is 1. The van der Waals surface area contributed by atoms with Crippen LogP contribution in [0.2, 0.25) is 0 Å². The molecule has 0 saturated heterocycles. The number of alkyl halides is 3. The van der Waals surface area contributed by atoms with Crippen molar-refractivity contribution in [1.29, 1.82) is 0 Å². The minimum absolute atomic E-state index is 0.0360. The molecule has 1 aliphatic heterocycles. The van der Waals surface area contributed by atoms with E-state index in [0.29, 0.717) is 5.56 Å². The molecule has 10 heteroatoms. The van der Waals surface area contributed by atoms with E-state index in [0.717, 1.165) is 6.26 Å². The van der Waals surface area contributed by atoms with Gasteiger partial charge >= 0.3 is 6.18 Å². The van der Waals surface area contributed by atoms with Crippen molar-refractivity contribution < 1.29 is 31.2 Å². The molecule has 6 nitrogen and oxygen atoms in total. The maximum absolute atomic E-state index is 13.0. The van der Waals surface area contributed by atoms with Crippen molar-refractivity contribution in [3.05, 3.63) is 72.0 Å². The zero-order valence-corrected chi connectivity index (χ0v) is 15.0. The van der Waals surface area contributed by atoms with E-state index >= 15 is 0 Å². The number of Topliss-reactive ketones (excluding diaryl/α,β-unsaturated/α-hetero) is 1. The number of carbonyl (C=O) groups excluding carboxylic acids is 1. The molecule has 0 amide bonds. The molecule has 0 saturated carbocycles. The van der Waals surface area contributed by atoms with E-state index in [9.17, 15) is 26.4 Å². The molecule has 28 heavy (non-hydrogen) atoms. The van der Waals surface area contributed by atoms with E-state index in [1.54, 1.807) is 18.2 Å². The lowest BCUT2D eigenvalue weighted by Crippen LogP contribution is -2.43. The summed E-state index contributed by atoms with van der Waals surface area (Å²) in [6, 6.07) is 13.4. The molecule has 1 atom stereocenters. The number of sulfonamides is 1. The van der Waals surface area contributed by atoms with Gasteiger partial charge in [-0.05, 0) is 11.6 Å². The van der Waals surface area contributed by atoms with E-state index in [4.69, 9.17) is 9.98 Å². The lowest BCUT2D eigenvalue weighted by atomic mass is 9.77. The number of nitrogens with two attached hydrogens (primary N) is 1. The van der Waals surface area contributed by atoms with Gasteiger partial charge in [0.25, 0.3) is 0 Å². The van der Waals surface area contributed by atoms with Gasteiger partial charge in [0.05, 0.1) is 4.90 Å². The maximum Gasteiger partial charge on any atom is 0.450 e. The summed E-state index contributed by atoms with van der Waals surface area (Å²) < 4.78 is 63.1. The maximum atomic E-state index is 13.0. The van der Waals surface area contributed by atoms with Crippen molar-refractivity contribution in [2.75, 3.05) is 0 Å². The van der Waals surface area contributed by atoms with Crippen molar-refractivity contribution >= 4 is 21.4 Å². The predicted octanol–water partition coefficient (Wildman–Crippen LogP) is 2.63. The summed E-state index contributed by atoms with van der Waals surface area (Å²) in [5, 5.41) is 5.26. The molecule has 0 fully saturated rings. The van der Waals surface area contributed by atoms with Gasteiger partial charge in [-0.1, -0.05) is 48.5 Å². The van der Waals surface area contributed by atoms with E-state index in [-0.39, 0.29) is 16.0 Å². The van der Waals surface area contributed by atoms with Crippen LogP contribution in [0.3, 0.4) is 0 Å². The fourth-order valence-corrected chi connectivity index (χ4v) is 3.84. The van der Waals surface area contributed by atoms with E-state index in [1.165, 1.54) is 36.4 Å². The van der Waals surface area contributed by atoms with Gasteiger partial charge < -0.3 is 4.84 Å². The van der Waals surface area contributed by atoms with Crippen LogP contribution >= 0.6 is 0 Å². The lowest BCUT2D eigenvalue weighted by molar-refractivity contribution is -0.172. The Bertz CT molecular complexity index is 1040. The van der Waals surface area contributed by atoms with Crippen molar-refractivity contribution in [2.24, 2.45) is 5.14 Å². The number of hydroxylamine groups is 1. The summed E-state index contributed by atoms with van der Waals surface area (Å²) in [6.07, 6.45) is -5.03. The summed E-state index contributed by atoms with van der Waals surface area (Å²) in [4.78, 5) is 16.7. The molecule has 3 rings (SSSR count). The highest BCUT2D eigenvalue weighted by Gasteiger charge is 2.50. The van der Waals surface area contributed by atoms with Crippen molar-refractivity contribution in [3.8, 4) is 0 Å². The standard InChI is InChI=1S/C18H15F3N2O4S/c19-18(20,21)16(24)10-17(12-6-2-1-3-7-12)14(11-27-23-17)13-8-4-5-9-15(13)28(22,25)26/h1-9,11,23H,10H2,(H2,22,25,26). The molecule has 2 aromatic carbocycles. The summed E-state index contributed by atoms with van der Waals surface area (Å²) in [7, 11) is -4.19. The van der Waals surface area contributed by atoms with Crippen LogP contribution in [0.5, 0.6) is 0 Å². The van der Waals surface area contributed by atoms with E-state index in [1.807, 2.05) is 0 Å². The van der Waals surface area contributed by atoms with Gasteiger partial charge in [-0.2, -0.15) is 13.2 Å². The molecule has 0 aliphatic carbocycles. The molecular formula is C18H15F3N2O4S. The van der Waals surface area contributed by atoms with Crippen molar-refractivity contribution in [1.82, 2.24) is 5.48 Å². The Morgan fingerprint density at radius 2 is 1.68 bits per heavy atom. The van der Waals surface area contributed by atoms with Gasteiger partial charge in [0.2, 0.25) is 15.8 Å². The molecule has 148 valence electrons. The Morgan fingerprint density at radius 1 is 1.07 bits per heavy atom. The van der Waals surface area contributed by atoms with Gasteiger partial charge in [-0.3, -0.25) is 4.79 Å². The predicted molar refractivity (Wildman–Crippen MR) is 93.8 cm³/mol. The molecule has 1 heterocycles. The molecule has 2 aromatic rings. The Morgan fingerprint density at radius 3 is 2.29 bits per heavy atom.